The van der Waals surface area contributed by atoms with E-state index < -0.39 is 0 Å². The monoisotopic (exact) mass is 320 g/mol. The van der Waals surface area contributed by atoms with Crippen LogP contribution >= 0.6 is 0 Å². The van der Waals surface area contributed by atoms with Crippen molar-refractivity contribution >= 4 is 11.9 Å². The van der Waals surface area contributed by atoms with Gasteiger partial charge in [0.2, 0.25) is 5.91 Å². The summed E-state index contributed by atoms with van der Waals surface area (Å²) in [6.07, 6.45) is 0.197. The van der Waals surface area contributed by atoms with Crippen molar-refractivity contribution in [2.45, 2.75) is 33.2 Å². The molecular weight excluding hydrogens is 292 g/mol. The summed E-state index contributed by atoms with van der Waals surface area (Å²) in [6, 6.07) is 9.23. The molecule has 0 aromatic heterocycles. The third kappa shape index (κ3) is 6.02. The lowest BCUT2D eigenvalue weighted by atomic mass is 9.94. The number of methoxy groups -OCH3 is 1. The van der Waals surface area contributed by atoms with E-state index in [2.05, 4.69) is 4.74 Å². The third-order valence-corrected chi connectivity index (χ3v) is 3.82. The van der Waals surface area contributed by atoms with Crippen molar-refractivity contribution in [1.82, 2.24) is 4.90 Å². The van der Waals surface area contributed by atoms with Crippen LogP contribution in [0.4, 0.5) is 0 Å². The van der Waals surface area contributed by atoms with E-state index >= 15 is 0 Å². The van der Waals surface area contributed by atoms with Crippen LogP contribution in [0.15, 0.2) is 30.3 Å². The van der Waals surface area contributed by atoms with Crippen molar-refractivity contribution in [3.8, 4) is 0 Å². The highest BCUT2D eigenvalue weighted by molar-refractivity contribution is 5.80. The first kappa shape index (κ1) is 19.2. The van der Waals surface area contributed by atoms with Crippen molar-refractivity contribution < 1.29 is 14.3 Å². The Kier molecular flexibility index (Phi) is 7.75. The number of benzene rings is 1. The van der Waals surface area contributed by atoms with Crippen LogP contribution in [-0.2, 0) is 14.3 Å². The van der Waals surface area contributed by atoms with Crippen LogP contribution in [0.5, 0.6) is 0 Å². The number of nitrogens with two attached hydrogens (primary N) is 1. The van der Waals surface area contributed by atoms with Crippen molar-refractivity contribution in [3.05, 3.63) is 35.9 Å². The van der Waals surface area contributed by atoms with Crippen molar-refractivity contribution in [2.75, 3.05) is 20.2 Å². The molecule has 2 N–H and O–H groups in total. The highest BCUT2D eigenvalue weighted by Crippen LogP contribution is 2.21. The molecule has 0 saturated carbocycles. The lowest BCUT2D eigenvalue weighted by Crippen LogP contribution is -2.42. The molecule has 0 spiro atoms. The minimum Gasteiger partial charge on any atom is -0.469 e. The molecule has 0 heterocycles. The molecule has 0 radical (unpaired) electrons. The van der Waals surface area contributed by atoms with E-state index in [1.165, 1.54) is 7.11 Å². The summed E-state index contributed by atoms with van der Waals surface area (Å²) in [7, 11) is 1.35. The van der Waals surface area contributed by atoms with Gasteiger partial charge in [0, 0.05) is 19.1 Å². The number of hydrogen-bond donors (Lipinski definition) is 1. The lowest BCUT2D eigenvalue weighted by molar-refractivity contribution is -0.142. The van der Waals surface area contributed by atoms with Crippen LogP contribution in [0.3, 0.4) is 0 Å². The van der Waals surface area contributed by atoms with Crippen LogP contribution in [0.2, 0.25) is 0 Å². The van der Waals surface area contributed by atoms with Crippen molar-refractivity contribution in [3.63, 3.8) is 0 Å². The van der Waals surface area contributed by atoms with Gasteiger partial charge in [-0.2, -0.15) is 0 Å². The summed E-state index contributed by atoms with van der Waals surface area (Å²) in [6.45, 7) is 6.88. The molecule has 0 aliphatic heterocycles. The van der Waals surface area contributed by atoms with E-state index in [4.69, 9.17) is 5.73 Å². The summed E-state index contributed by atoms with van der Waals surface area (Å²) < 4.78 is 4.66. The molecule has 1 amide bonds. The molecule has 2 atom stereocenters. The molecular formula is C18H28N2O3. The van der Waals surface area contributed by atoms with E-state index in [-0.39, 0.29) is 30.3 Å². The summed E-state index contributed by atoms with van der Waals surface area (Å²) in [4.78, 5) is 25.9. The smallest absolute Gasteiger partial charge is 0.307 e. The van der Waals surface area contributed by atoms with Crippen LogP contribution in [0.25, 0.3) is 0 Å². The number of amides is 1. The van der Waals surface area contributed by atoms with E-state index in [1.807, 2.05) is 51.1 Å². The Bertz CT molecular complexity index is 502. The highest BCUT2D eigenvalue weighted by atomic mass is 16.5. The number of hydrogen-bond acceptors (Lipinski definition) is 4. The predicted molar refractivity (Wildman–Crippen MR) is 90.6 cm³/mol. The Hall–Kier alpha value is -1.88. The van der Waals surface area contributed by atoms with E-state index in [0.29, 0.717) is 19.0 Å². The maximum Gasteiger partial charge on any atom is 0.307 e. The van der Waals surface area contributed by atoms with Crippen LogP contribution < -0.4 is 5.73 Å². The Morgan fingerprint density at radius 1 is 1.17 bits per heavy atom. The van der Waals surface area contributed by atoms with Gasteiger partial charge in [-0.05, 0) is 11.5 Å². The van der Waals surface area contributed by atoms with Crippen LogP contribution in [-0.4, -0.2) is 37.0 Å². The zero-order chi connectivity index (χ0) is 17.4. The van der Waals surface area contributed by atoms with Gasteiger partial charge in [0.25, 0.3) is 0 Å². The number of esters is 1. The van der Waals surface area contributed by atoms with Gasteiger partial charge < -0.3 is 15.4 Å². The molecule has 5 heteroatoms. The van der Waals surface area contributed by atoms with Crippen LogP contribution in [0, 0.1) is 11.8 Å². The molecule has 1 rings (SSSR count). The molecule has 1 aromatic rings. The fourth-order valence-electron chi connectivity index (χ4n) is 2.47. The molecule has 5 nitrogen and oxygen atoms in total. The quantitative estimate of drug-likeness (QED) is 0.746. The minimum atomic E-state index is -0.364. The normalized spacial score (nSPS) is 13.5. The fourth-order valence-corrected chi connectivity index (χ4v) is 2.47. The summed E-state index contributed by atoms with van der Waals surface area (Å²) in [5.41, 5.74) is 7.19. The summed E-state index contributed by atoms with van der Waals surface area (Å²) in [5, 5.41) is 0. The molecule has 0 bridgehead atoms. The highest BCUT2D eigenvalue weighted by Gasteiger charge is 2.27. The molecule has 2 unspecified atom stereocenters. The minimum absolute atomic E-state index is 0.0287. The van der Waals surface area contributed by atoms with Gasteiger partial charge >= 0.3 is 5.97 Å². The summed E-state index contributed by atoms with van der Waals surface area (Å²) >= 11 is 0. The number of rotatable bonds is 8. The first-order chi connectivity index (χ1) is 10.9. The van der Waals surface area contributed by atoms with Gasteiger partial charge in [0.15, 0.2) is 0 Å². The number of carbonyl (C=O) groups is 2. The zero-order valence-corrected chi connectivity index (χ0v) is 14.5. The summed E-state index contributed by atoms with van der Waals surface area (Å²) in [5.74, 6) is -0.379. The third-order valence-electron chi connectivity index (χ3n) is 3.82. The van der Waals surface area contributed by atoms with Gasteiger partial charge in [0.05, 0.1) is 19.4 Å². The van der Waals surface area contributed by atoms with Crippen molar-refractivity contribution in [1.29, 1.82) is 0 Å². The molecule has 128 valence electrons. The maximum atomic E-state index is 12.8. The van der Waals surface area contributed by atoms with Gasteiger partial charge in [0.1, 0.15) is 0 Å². The average Bonchev–Trinajstić information content (AvgIpc) is 2.56. The van der Waals surface area contributed by atoms with Crippen LogP contribution in [0.1, 0.15) is 38.8 Å². The Balaban J connectivity index is 2.79. The van der Waals surface area contributed by atoms with E-state index in [9.17, 15) is 9.59 Å². The molecule has 1 aromatic carbocycles. The number of nitrogens with zero attached hydrogens (tertiary/aromatic N) is 1. The van der Waals surface area contributed by atoms with Crippen molar-refractivity contribution in [2.24, 2.45) is 17.6 Å². The van der Waals surface area contributed by atoms with Gasteiger partial charge in [-0.25, -0.2) is 0 Å². The fraction of sp³-hybridized carbons (Fsp3) is 0.556. The molecule has 23 heavy (non-hydrogen) atoms. The maximum absolute atomic E-state index is 12.8. The number of carbonyl (C=O) groups excluding carboxylic acids is 2. The molecule has 0 aliphatic rings. The SMILES string of the molecule is COC(=O)CCN(CC(C)C)C(=O)C(C)C(N)c1ccccc1. The number of ether oxygens (including phenoxy) is 1. The molecule has 0 aliphatic carbocycles. The first-order valence-corrected chi connectivity index (χ1v) is 8.03. The Labute approximate surface area is 138 Å². The van der Waals surface area contributed by atoms with Gasteiger partial charge in [-0.3, -0.25) is 9.59 Å². The second-order valence-electron chi connectivity index (χ2n) is 6.23. The average molecular weight is 320 g/mol. The lowest BCUT2D eigenvalue weighted by Gasteiger charge is -2.29. The Morgan fingerprint density at radius 3 is 2.30 bits per heavy atom. The topological polar surface area (TPSA) is 72.6 Å². The largest absolute Gasteiger partial charge is 0.469 e. The molecule has 0 fully saturated rings. The van der Waals surface area contributed by atoms with E-state index in [0.717, 1.165) is 5.56 Å². The predicted octanol–water partition coefficient (Wildman–Crippen LogP) is 2.37. The second kappa shape index (κ2) is 9.30. The Morgan fingerprint density at radius 2 is 1.78 bits per heavy atom. The van der Waals surface area contributed by atoms with Gasteiger partial charge in [-0.15, -0.1) is 0 Å². The zero-order valence-electron chi connectivity index (χ0n) is 14.5. The second-order valence-corrected chi connectivity index (χ2v) is 6.23. The standard InChI is InChI=1S/C18H28N2O3/c1-13(2)12-20(11-10-16(21)23-4)18(22)14(3)17(19)15-8-6-5-7-9-15/h5-9,13-14,17H,10-12,19H2,1-4H3. The van der Waals surface area contributed by atoms with Gasteiger partial charge in [-0.1, -0.05) is 51.1 Å². The van der Waals surface area contributed by atoms with E-state index in [1.54, 1.807) is 4.90 Å². The molecule has 0 saturated heterocycles. The first-order valence-electron chi connectivity index (χ1n) is 8.03.